The van der Waals surface area contributed by atoms with Gasteiger partial charge in [0.05, 0.1) is 0 Å². The predicted molar refractivity (Wildman–Crippen MR) is 104 cm³/mol. The van der Waals surface area contributed by atoms with Crippen molar-refractivity contribution in [2.45, 2.75) is 19.5 Å². The SMILES string of the molecule is O=C(NCCc1ccccn1)c1cn2c(n1)C(=O)N(Cc1ccccc1)CC2. The summed E-state index contributed by atoms with van der Waals surface area (Å²) in [6.45, 7) is 2.23. The van der Waals surface area contributed by atoms with Crippen LogP contribution in [0.15, 0.2) is 60.9 Å². The average molecular weight is 375 g/mol. The Hall–Kier alpha value is -3.48. The maximum atomic E-state index is 12.8. The van der Waals surface area contributed by atoms with Crippen molar-refractivity contribution in [1.29, 1.82) is 0 Å². The van der Waals surface area contributed by atoms with Crippen molar-refractivity contribution in [2.24, 2.45) is 0 Å². The van der Waals surface area contributed by atoms with Crippen molar-refractivity contribution >= 4 is 11.8 Å². The lowest BCUT2D eigenvalue weighted by Gasteiger charge is -2.27. The minimum absolute atomic E-state index is 0.150. The minimum atomic E-state index is -0.278. The van der Waals surface area contributed by atoms with E-state index in [1.807, 2.05) is 48.5 Å². The monoisotopic (exact) mass is 375 g/mol. The van der Waals surface area contributed by atoms with Gasteiger partial charge in [-0.15, -0.1) is 0 Å². The Labute approximate surface area is 163 Å². The first-order chi connectivity index (χ1) is 13.7. The number of nitrogens with zero attached hydrogens (tertiary/aromatic N) is 4. The normalized spacial score (nSPS) is 13.3. The largest absolute Gasteiger partial charge is 0.350 e. The van der Waals surface area contributed by atoms with Crippen molar-refractivity contribution in [1.82, 2.24) is 24.8 Å². The first-order valence-corrected chi connectivity index (χ1v) is 9.29. The molecule has 0 fully saturated rings. The van der Waals surface area contributed by atoms with Gasteiger partial charge >= 0.3 is 0 Å². The zero-order valence-electron chi connectivity index (χ0n) is 15.4. The molecule has 1 aliphatic heterocycles. The summed E-state index contributed by atoms with van der Waals surface area (Å²) in [6, 6.07) is 15.5. The second-order valence-electron chi connectivity index (χ2n) is 6.68. The number of rotatable bonds is 6. The first-order valence-electron chi connectivity index (χ1n) is 9.29. The van der Waals surface area contributed by atoms with Gasteiger partial charge in [0.1, 0.15) is 5.69 Å². The van der Waals surface area contributed by atoms with E-state index in [4.69, 9.17) is 0 Å². The fourth-order valence-electron chi connectivity index (χ4n) is 3.23. The molecule has 3 heterocycles. The Morgan fingerprint density at radius 3 is 2.68 bits per heavy atom. The Balaban J connectivity index is 1.38. The zero-order chi connectivity index (χ0) is 19.3. The van der Waals surface area contributed by atoms with Crippen molar-refractivity contribution in [2.75, 3.05) is 13.1 Å². The first kappa shape index (κ1) is 17.9. The van der Waals surface area contributed by atoms with Gasteiger partial charge in [0.2, 0.25) is 0 Å². The molecule has 2 aromatic heterocycles. The molecule has 4 rings (SSSR count). The number of imidazole rings is 1. The molecule has 0 spiro atoms. The van der Waals surface area contributed by atoms with E-state index in [0.29, 0.717) is 38.4 Å². The number of benzene rings is 1. The Kier molecular flexibility index (Phi) is 5.14. The molecule has 0 unspecified atom stereocenters. The highest BCUT2D eigenvalue weighted by Crippen LogP contribution is 2.16. The summed E-state index contributed by atoms with van der Waals surface area (Å²) in [5.74, 6) is -0.111. The number of hydrogen-bond donors (Lipinski definition) is 1. The van der Waals surface area contributed by atoms with Crippen LogP contribution in [0.2, 0.25) is 0 Å². The number of fused-ring (bicyclic) bond motifs is 1. The molecule has 0 saturated heterocycles. The van der Waals surface area contributed by atoms with Crippen LogP contribution in [0.1, 0.15) is 32.4 Å². The van der Waals surface area contributed by atoms with Crippen LogP contribution >= 0.6 is 0 Å². The molecule has 1 aliphatic rings. The number of pyridine rings is 1. The number of aromatic nitrogens is 3. The highest BCUT2D eigenvalue weighted by molar-refractivity contribution is 5.96. The van der Waals surface area contributed by atoms with Crippen molar-refractivity contribution in [3.63, 3.8) is 0 Å². The minimum Gasteiger partial charge on any atom is -0.350 e. The molecule has 0 atom stereocenters. The standard InChI is InChI=1S/C21H21N5O2/c27-20(23-11-9-17-8-4-5-10-22-17)18-15-25-12-13-26(21(28)19(25)24-18)14-16-6-2-1-3-7-16/h1-8,10,15H,9,11-14H2,(H,23,27). The molecule has 0 saturated carbocycles. The van der Waals surface area contributed by atoms with E-state index in [2.05, 4.69) is 15.3 Å². The van der Waals surface area contributed by atoms with Crippen LogP contribution in [0.3, 0.4) is 0 Å². The van der Waals surface area contributed by atoms with Gasteiger partial charge in [0.15, 0.2) is 5.82 Å². The number of amides is 2. The molecule has 0 radical (unpaired) electrons. The Morgan fingerprint density at radius 1 is 1.07 bits per heavy atom. The van der Waals surface area contributed by atoms with Crippen LogP contribution in [0.4, 0.5) is 0 Å². The van der Waals surface area contributed by atoms with Gasteiger partial charge < -0.3 is 14.8 Å². The fourth-order valence-corrected chi connectivity index (χ4v) is 3.23. The number of carbonyl (C=O) groups excluding carboxylic acids is 2. The molecular weight excluding hydrogens is 354 g/mol. The summed E-state index contributed by atoms with van der Waals surface area (Å²) in [5, 5.41) is 2.84. The molecule has 0 bridgehead atoms. The van der Waals surface area contributed by atoms with Gasteiger partial charge in [0.25, 0.3) is 11.8 Å². The fraction of sp³-hybridized carbons (Fsp3) is 0.238. The van der Waals surface area contributed by atoms with Crippen LogP contribution in [0.25, 0.3) is 0 Å². The maximum Gasteiger partial charge on any atom is 0.290 e. The molecule has 1 N–H and O–H groups in total. The zero-order valence-corrected chi connectivity index (χ0v) is 15.4. The van der Waals surface area contributed by atoms with Gasteiger partial charge in [-0.25, -0.2) is 4.98 Å². The van der Waals surface area contributed by atoms with Crippen LogP contribution in [-0.2, 0) is 19.5 Å². The third-order valence-corrected chi connectivity index (χ3v) is 4.71. The second kappa shape index (κ2) is 8.04. The van der Waals surface area contributed by atoms with E-state index in [1.54, 1.807) is 21.9 Å². The molecule has 0 aliphatic carbocycles. The molecule has 3 aromatic rings. The van der Waals surface area contributed by atoms with Gasteiger partial charge in [-0.2, -0.15) is 0 Å². The lowest BCUT2D eigenvalue weighted by Crippen LogP contribution is -2.39. The number of carbonyl (C=O) groups is 2. The van der Waals surface area contributed by atoms with Gasteiger partial charge in [0, 0.05) is 50.7 Å². The second-order valence-corrected chi connectivity index (χ2v) is 6.68. The number of hydrogen-bond acceptors (Lipinski definition) is 4. The van der Waals surface area contributed by atoms with E-state index >= 15 is 0 Å². The topological polar surface area (TPSA) is 80.1 Å². The van der Waals surface area contributed by atoms with Gasteiger partial charge in [-0.1, -0.05) is 36.4 Å². The van der Waals surface area contributed by atoms with Crippen LogP contribution < -0.4 is 5.32 Å². The Morgan fingerprint density at radius 2 is 1.89 bits per heavy atom. The van der Waals surface area contributed by atoms with Gasteiger partial charge in [-0.3, -0.25) is 14.6 Å². The molecule has 1 aromatic carbocycles. The molecule has 2 amide bonds. The van der Waals surface area contributed by atoms with E-state index in [9.17, 15) is 9.59 Å². The van der Waals surface area contributed by atoms with E-state index in [0.717, 1.165) is 11.3 Å². The summed E-state index contributed by atoms with van der Waals surface area (Å²) in [7, 11) is 0. The van der Waals surface area contributed by atoms with Crippen LogP contribution in [0, 0.1) is 0 Å². The van der Waals surface area contributed by atoms with Crippen molar-refractivity contribution < 1.29 is 9.59 Å². The number of nitrogens with one attached hydrogen (secondary N) is 1. The lowest BCUT2D eigenvalue weighted by atomic mass is 10.2. The quantitative estimate of drug-likeness (QED) is 0.714. The highest BCUT2D eigenvalue weighted by atomic mass is 16.2. The summed E-state index contributed by atoms with van der Waals surface area (Å²) in [6.07, 6.45) is 4.03. The maximum absolute atomic E-state index is 12.8. The molecule has 28 heavy (non-hydrogen) atoms. The third-order valence-electron chi connectivity index (χ3n) is 4.71. The van der Waals surface area contributed by atoms with Crippen LogP contribution in [-0.4, -0.2) is 44.3 Å². The smallest absolute Gasteiger partial charge is 0.290 e. The van der Waals surface area contributed by atoms with Crippen LogP contribution in [0.5, 0.6) is 0 Å². The van der Waals surface area contributed by atoms with Crippen molar-refractivity contribution in [3.8, 4) is 0 Å². The van der Waals surface area contributed by atoms with E-state index < -0.39 is 0 Å². The predicted octanol–water partition coefficient (Wildman–Crippen LogP) is 1.91. The Bertz CT molecular complexity index is 969. The molecule has 7 nitrogen and oxygen atoms in total. The summed E-state index contributed by atoms with van der Waals surface area (Å²) in [5.41, 5.74) is 2.26. The van der Waals surface area contributed by atoms with Gasteiger partial charge in [-0.05, 0) is 17.7 Å². The molecule has 7 heteroatoms. The summed E-state index contributed by atoms with van der Waals surface area (Å²) in [4.78, 5) is 35.4. The average Bonchev–Trinajstić information content (AvgIpc) is 3.17. The lowest BCUT2D eigenvalue weighted by molar-refractivity contribution is 0.0683. The third kappa shape index (κ3) is 3.93. The summed E-state index contributed by atoms with van der Waals surface area (Å²) < 4.78 is 1.76. The molecular formula is C21H21N5O2. The van der Waals surface area contributed by atoms with E-state index in [1.165, 1.54) is 0 Å². The highest BCUT2D eigenvalue weighted by Gasteiger charge is 2.28. The van der Waals surface area contributed by atoms with E-state index in [-0.39, 0.29) is 17.5 Å². The summed E-state index contributed by atoms with van der Waals surface area (Å²) >= 11 is 0. The van der Waals surface area contributed by atoms with Crippen molar-refractivity contribution in [3.05, 3.63) is 83.7 Å². The molecule has 142 valence electrons.